The summed E-state index contributed by atoms with van der Waals surface area (Å²) in [6.07, 6.45) is 1.54. The molecule has 1 aromatic carbocycles. The molecule has 1 aliphatic rings. The number of hydrogen-bond donors (Lipinski definition) is 1. The van der Waals surface area contributed by atoms with Gasteiger partial charge in [0.2, 0.25) is 5.95 Å². The Morgan fingerprint density at radius 3 is 2.52 bits per heavy atom. The Bertz CT molecular complexity index is 687. The molecule has 1 aromatic heterocycles. The maximum absolute atomic E-state index is 13.0. The lowest BCUT2D eigenvalue weighted by Gasteiger charge is -2.33. The first kappa shape index (κ1) is 15.3. The van der Waals surface area contributed by atoms with Gasteiger partial charge >= 0.3 is 5.97 Å². The number of carboxylic acid groups (broad SMARTS) is 1. The number of hydrogen-bond acceptors (Lipinski definition) is 6. The third kappa shape index (κ3) is 3.78. The Morgan fingerprint density at radius 1 is 1.17 bits per heavy atom. The summed E-state index contributed by atoms with van der Waals surface area (Å²) in [6.45, 7) is 2.60. The van der Waals surface area contributed by atoms with E-state index in [9.17, 15) is 9.18 Å². The predicted molar refractivity (Wildman–Crippen MR) is 81.5 cm³/mol. The van der Waals surface area contributed by atoms with Gasteiger partial charge < -0.3 is 10.0 Å². The van der Waals surface area contributed by atoms with Gasteiger partial charge in [0.25, 0.3) is 0 Å². The molecule has 0 amide bonds. The van der Waals surface area contributed by atoms with Crippen molar-refractivity contribution >= 4 is 11.9 Å². The standard InChI is InChI=1S/C15H16FN5O2/c16-12-3-1-11(2-4-12)13-9-17-19-15(18-13)21-7-5-20(6-8-21)10-14(22)23/h1-4,9H,5-8,10H2,(H,22,23). The molecule has 8 heteroatoms. The van der Waals surface area contributed by atoms with Gasteiger partial charge in [0.05, 0.1) is 18.4 Å². The van der Waals surface area contributed by atoms with Crippen LogP contribution in [0.5, 0.6) is 0 Å². The molecule has 23 heavy (non-hydrogen) atoms. The van der Waals surface area contributed by atoms with Gasteiger partial charge in [-0.1, -0.05) is 0 Å². The molecule has 7 nitrogen and oxygen atoms in total. The molecular formula is C15H16FN5O2. The Kier molecular flexibility index (Phi) is 4.42. The van der Waals surface area contributed by atoms with Crippen molar-refractivity contribution in [2.24, 2.45) is 0 Å². The molecule has 3 rings (SSSR count). The molecule has 0 saturated carbocycles. The number of halogens is 1. The summed E-state index contributed by atoms with van der Waals surface area (Å²) in [7, 11) is 0. The summed E-state index contributed by atoms with van der Waals surface area (Å²) in [4.78, 5) is 19.0. The lowest BCUT2D eigenvalue weighted by Crippen LogP contribution is -2.48. The third-order valence-electron chi connectivity index (χ3n) is 3.70. The van der Waals surface area contributed by atoms with Crippen LogP contribution in [0.25, 0.3) is 11.3 Å². The highest BCUT2D eigenvalue weighted by Gasteiger charge is 2.21. The van der Waals surface area contributed by atoms with E-state index in [0.717, 1.165) is 5.56 Å². The summed E-state index contributed by atoms with van der Waals surface area (Å²) in [5, 5.41) is 16.8. The molecule has 120 valence electrons. The quantitative estimate of drug-likeness (QED) is 0.896. The Morgan fingerprint density at radius 2 is 1.87 bits per heavy atom. The summed E-state index contributed by atoms with van der Waals surface area (Å²) < 4.78 is 13.0. The summed E-state index contributed by atoms with van der Waals surface area (Å²) in [6, 6.07) is 6.05. The number of aromatic nitrogens is 3. The molecule has 1 aliphatic heterocycles. The second-order valence-electron chi connectivity index (χ2n) is 5.31. The Labute approximate surface area is 132 Å². The van der Waals surface area contributed by atoms with E-state index >= 15 is 0 Å². The van der Waals surface area contributed by atoms with E-state index < -0.39 is 5.97 Å². The van der Waals surface area contributed by atoms with Crippen LogP contribution in [0.15, 0.2) is 30.5 Å². The highest BCUT2D eigenvalue weighted by atomic mass is 19.1. The minimum atomic E-state index is -0.824. The fourth-order valence-corrected chi connectivity index (χ4v) is 2.49. The van der Waals surface area contributed by atoms with E-state index in [4.69, 9.17) is 5.11 Å². The lowest BCUT2D eigenvalue weighted by atomic mass is 10.2. The number of benzene rings is 1. The number of carboxylic acids is 1. The van der Waals surface area contributed by atoms with E-state index in [1.807, 2.05) is 9.80 Å². The van der Waals surface area contributed by atoms with E-state index in [2.05, 4.69) is 15.2 Å². The SMILES string of the molecule is O=C(O)CN1CCN(c2nncc(-c3ccc(F)cc3)n2)CC1. The summed E-state index contributed by atoms with van der Waals surface area (Å²) in [5.41, 5.74) is 1.40. The van der Waals surface area contributed by atoms with Crippen LogP contribution in [0.1, 0.15) is 0 Å². The molecule has 0 aliphatic carbocycles. The van der Waals surface area contributed by atoms with Gasteiger partial charge in [-0.15, -0.1) is 5.10 Å². The molecule has 1 N–H and O–H groups in total. The van der Waals surface area contributed by atoms with Crippen molar-refractivity contribution in [2.45, 2.75) is 0 Å². The average Bonchev–Trinajstić information content (AvgIpc) is 2.56. The minimum Gasteiger partial charge on any atom is -0.480 e. The number of piperazine rings is 1. The number of rotatable bonds is 4. The van der Waals surface area contributed by atoms with Crippen LogP contribution in [-0.4, -0.2) is 63.9 Å². The van der Waals surface area contributed by atoms with Crippen molar-refractivity contribution in [1.82, 2.24) is 20.1 Å². The van der Waals surface area contributed by atoms with Gasteiger partial charge in [0, 0.05) is 31.7 Å². The van der Waals surface area contributed by atoms with Gasteiger partial charge in [-0.2, -0.15) is 5.10 Å². The Balaban J connectivity index is 1.71. The topological polar surface area (TPSA) is 82.5 Å². The predicted octanol–water partition coefficient (Wildman–Crippen LogP) is 0.884. The second-order valence-corrected chi connectivity index (χ2v) is 5.31. The maximum atomic E-state index is 13.0. The molecule has 2 aromatic rings. The van der Waals surface area contributed by atoms with Gasteiger partial charge in [-0.3, -0.25) is 9.69 Å². The van der Waals surface area contributed by atoms with Crippen LogP contribution in [0.3, 0.4) is 0 Å². The summed E-state index contributed by atoms with van der Waals surface area (Å²) >= 11 is 0. The fraction of sp³-hybridized carbons (Fsp3) is 0.333. The van der Waals surface area contributed by atoms with Gasteiger partial charge in [-0.25, -0.2) is 9.37 Å². The fourth-order valence-electron chi connectivity index (χ4n) is 2.49. The lowest BCUT2D eigenvalue weighted by molar-refractivity contribution is -0.138. The first-order valence-corrected chi connectivity index (χ1v) is 7.26. The van der Waals surface area contributed by atoms with Crippen molar-refractivity contribution in [3.05, 3.63) is 36.3 Å². The van der Waals surface area contributed by atoms with E-state index in [0.29, 0.717) is 37.8 Å². The van der Waals surface area contributed by atoms with Crippen LogP contribution in [-0.2, 0) is 4.79 Å². The van der Waals surface area contributed by atoms with Crippen LogP contribution < -0.4 is 4.90 Å². The Hall–Kier alpha value is -2.61. The highest BCUT2D eigenvalue weighted by Crippen LogP contribution is 2.19. The number of anilines is 1. The second kappa shape index (κ2) is 6.66. The van der Waals surface area contributed by atoms with Crippen LogP contribution >= 0.6 is 0 Å². The largest absolute Gasteiger partial charge is 0.480 e. The van der Waals surface area contributed by atoms with Crippen LogP contribution in [0.2, 0.25) is 0 Å². The number of nitrogens with zero attached hydrogens (tertiary/aromatic N) is 5. The molecule has 0 bridgehead atoms. The molecule has 1 fully saturated rings. The third-order valence-corrected chi connectivity index (χ3v) is 3.70. The molecule has 0 unspecified atom stereocenters. The zero-order valence-electron chi connectivity index (χ0n) is 12.4. The van der Waals surface area contributed by atoms with E-state index in [1.165, 1.54) is 18.3 Å². The van der Waals surface area contributed by atoms with Gasteiger partial charge in [0.15, 0.2) is 0 Å². The minimum absolute atomic E-state index is 0.0442. The monoisotopic (exact) mass is 317 g/mol. The molecule has 0 spiro atoms. The van der Waals surface area contributed by atoms with Crippen molar-refractivity contribution in [3.63, 3.8) is 0 Å². The summed E-state index contributed by atoms with van der Waals surface area (Å²) in [5.74, 6) is -0.623. The van der Waals surface area contributed by atoms with Crippen LogP contribution in [0.4, 0.5) is 10.3 Å². The van der Waals surface area contributed by atoms with Crippen molar-refractivity contribution in [1.29, 1.82) is 0 Å². The molecule has 0 atom stereocenters. The van der Waals surface area contributed by atoms with Gasteiger partial charge in [0.1, 0.15) is 5.82 Å². The first-order valence-electron chi connectivity index (χ1n) is 7.26. The van der Waals surface area contributed by atoms with Crippen LogP contribution in [0, 0.1) is 5.82 Å². The van der Waals surface area contributed by atoms with Crippen molar-refractivity contribution in [3.8, 4) is 11.3 Å². The smallest absolute Gasteiger partial charge is 0.317 e. The molecule has 2 heterocycles. The molecular weight excluding hydrogens is 301 g/mol. The van der Waals surface area contributed by atoms with E-state index in [1.54, 1.807) is 12.1 Å². The molecule has 0 radical (unpaired) electrons. The zero-order chi connectivity index (χ0) is 16.2. The first-order chi connectivity index (χ1) is 11.1. The highest BCUT2D eigenvalue weighted by molar-refractivity contribution is 5.69. The number of carbonyl (C=O) groups is 1. The van der Waals surface area contributed by atoms with E-state index in [-0.39, 0.29) is 12.4 Å². The maximum Gasteiger partial charge on any atom is 0.317 e. The van der Waals surface area contributed by atoms with Gasteiger partial charge in [-0.05, 0) is 24.3 Å². The zero-order valence-corrected chi connectivity index (χ0v) is 12.4. The van der Waals surface area contributed by atoms with Crippen molar-refractivity contribution < 1.29 is 14.3 Å². The van der Waals surface area contributed by atoms with Crippen molar-refractivity contribution in [2.75, 3.05) is 37.6 Å². The normalized spacial score (nSPS) is 15.6. The molecule has 1 saturated heterocycles. The number of aliphatic carboxylic acids is 1. The average molecular weight is 317 g/mol.